The summed E-state index contributed by atoms with van der Waals surface area (Å²) in [5.41, 5.74) is 3.96. The number of nitrogens with zero attached hydrogens (tertiary/aromatic N) is 2. The van der Waals surface area contributed by atoms with Crippen LogP contribution in [0.4, 0.5) is 0 Å². The number of hydrogen-bond donors (Lipinski definition) is 0. The summed E-state index contributed by atoms with van der Waals surface area (Å²) in [6, 6.07) is 18.1. The van der Waals surface area contributed by atoms with Crippen LogP contribution >= 0.6 is 11.8 Å². The number of thioether (sulfide) groups is 1. The van der Waals surface area contributed by atoms with Crippen LogP contribution in [0, 0.1) is 13.8 Å². The monoisotopic (exact) mass is 436 g/mol. The van der Waals surface area contributed by atoms with E-state index in [1.165, 1.54) is 5.56 Å². The summed E-state index contributed by atoms with van der Waals surface area (Å²) in [4.78, 5) is 16.2. The molecule has 0 N–H and O–H groups in total. The van der Waals surface area contributed by atoms with E-state index < -0.39 is 0 Å². The maximum atomic E-state index is 13.2. The first kappa shape index (κ1) is 21.7. The molecule has 5 nitrogen and oxygen atoms in total. The lowest BCUT2D eigenvalue weighted by Crippen LogP contribution is -2.41. The second-order valence-corrected chi connectivity index (χ2v) is 8.89. The zero-order chi connectivity index (χ0) is 21.6. The topological polar surface area (TPSA) is 55.6 Å². The lowest BCUT2D eigenvalue weighted by molar-refractivity contribution is -0.000455. The van der Waals surface area contributed by atoms with Gasteiger partial charge in [0, 0.05) is 29.3 Å². The van der Waals surface area contributed by atoms with Crippen molar-refractivity contribution in [2.75, 3.05) is 13.1 Å². The number of aromatic nitrogens is 1. The molecular formula is C25H28N2O3S. The molecule has 0 unspecified atom stereocenters. The van der Waals surface area contributed by atoms with Gasteiger partial charge in [-0.25, -0.2) is 0 Å². The van der Waals surface area contributed by atoms with Gasteiger partial charge in [-0.3, -0.25) is 4.79 Å². The fraction of sp³-hybridized carbons (Fsp3) is 0.360. The number of ether oxygens (including phenoxy) is 1. The van der Waals surface area contributed by atoms with E-state index in [9.17, 15) is 4.79 Å². The minimum Gasteiger partial charge on any atom is -0.373 e. The van der Waals surface area contributed by atoms with Crippen molar-refractivity contribution in [3.63, 3.8) is 0 Å². The number of piperidine rings is 1. The number of amides is 1. The first-order chi connectivity index (χ1) is 15.1. The van der Waals surface area contributed by atoms with Gasteiger partial charge in [0.15, 0.2) is 0 Å². The molecule has 1 saturated heterocycles. The Hall–Kier alpha value is -2.57. The third-order valence-corrected chi connectivity index (χ3v) is 6.83. The molecule has 1 aromatic heterocycles. The second-order valence-electron chi connectivity index (χ2n) is 7.88. The Morgan fingerprint density at radius 1 is 1.10 bits per heavy atom. The molecule has 1 aliphatic rings. The van der Waals surface area contributed by atoms with Gasteiger partial charge in [-0.05, 0) is 44.4 Å². The molecule has 0 bridgehead atoms. The number of rotatable bonds is 7. The van der Waals surface area contributed by atoms with Gasteiger partial charge in [0.2, 0.25) is 0 Å². The van der Waals surface area contributed by atoms with Gasteiger partial charge in [-0.2, -0.15) is 0 Å². The van der Waals surface area contributed by atoms with Crippen molar-refractivity contribution in [1.29, 1.82) is 0 Å². The lowest BCUT2D eigenvalue weighted by atomic mass is 10.1. The number of benzene rings is 2. The molecule has 31 heavy (non-hydrogen) atoms. The van der Waals surface area contributed by atoms with Crippen LogP contribution < -0.4 is 0 Å². The summed E-state index contributed by atoms with van der Waals surface area (Å²) < 4.78 is 11.3. The van der Waals surface area contributed by atoms with Crippen molar-refractivity contribution in [2.45, 2.75) is 50.0 Å². The summed E-state index contributed by atoms with van der Waals surface area (Å²) >= 11 is 1.66. The first-order valence-corrected chi connectivity index (χ1v) is 11.7. The molecule has 0 radical (unpaired) electrons. The third kappa shape index (κ3) is 5.38. The third-order valence-electron chi connectivity index (χ3n) is 5.73. The Morgan fingerprint density at radius 2 is 1.81 bits per heavy atom. The molecular weight excluding hydrogens is 408 g/mol. The normalized spacial score (nSPS) is 14.7. The van der Waals surface area contributed by atoms with Gasteiger partial charge < -0.3 is 14.2 Å². The minimum atomic E-state index is 0.100. The molecule has 1 fully saturated rings. The predicted molar refractivity (Wildman–Crippen MR) is 122 cm³/mol. The molecule has 2 heterocycles. The first-order valence-electron chi connectivity index (χ1n) is 10.7. The average molecular weight is 437 g/mol. The highest BCUT2D eigenvalue weighted by atomic mass is 32.2. The zero-order valence-electron chi connectivity index (χ0n) is 18.0. The van der Waals surface area contributed by atoms with Gasteiger partial charge in [0.05, 0.1) is 24.0 Å². The number of hydrogen-bond acceptors (Lipinski definition) is 5. The molecule has 162 valence electrons. The van der Waals surface area contributed by atoms with Crippen LogP contribution in [0.5, 0.6) is 0 Å². The van der Waals surface area contributed by atoms with Gasteiger partial charge >= 0.3 is 0 Å². The van der Waals surface area contributed by atoms with E-state index >= 15 is 0 Å². The highest BCUT2D eigenvalue weighted by molar-refractivity contribution is 7.98. The summed E-state index contributed by atoms with van der Waals surface area (Å²) in [7, 11) is 0. The Balaban J connectivity index is 1.33. The Bertz CT molecular complexity index is 991. The largest absolute Gasteiger partial charge is 0.373 e. The van der Waals surface area contributed by atoms with Gasteiger partial charge in [0.25, 0.3) is 5.91 Å². The van der Waals surface area contributed by atoms with E-state index in [1.54, 1.807) is 11.8 Å². The smallest absolute Gasteiger partial charge is 0.254 e. The van der Waals surface area contributed by atoms with Crippen molar-refractivity contribution in [2.24, 2.45) is 0 Å². The highest BCUT2D eigenvalue weighted by Gasteiger charge is 2.25. The zero-order valence-corrected chi connectivity index (χ0v) is 18.9. The molecule has 0 aliphatic carbocycles. The minimum absolute atomic E-state index is 0.100. The van der Waals surface area contributed by atoms with E-state index in [0.717, 1.165) is 59.2 Å². The van der Waals surface area contributed by atoms with Gasteiger partial charge in [-0.1, -0.05) is 47.6 Å². The molecule has 6 heteroatoms. The van der Waals surface area contributed by atoms with Crippen molar-refractivity contribution < 1.29 is 14.1 Å². The van der Waals surface area contributed by atoms with E-state index in [0.29, 0.717) is 6.61 Å². The highest BCUT2D eigenvalue weighted by Crippen LogP contribution is 2.30. The number of carbonyl (C=O) groups is 1. The van der Waals surface area contributed by atoms with Crippen LogP contribution in [0.25, 0.3) is 0 Å². The number of carbonyl (C=O) groups excluding carboxylic acids is 1. The second kappa shape index (κ2) is 10.2. The van der Waals surface area contributed by atoms with E-state index in [2.05, 4.69) is 17.3 Å². The maximum Gasteiger partial charge on any atom is 0.254 e. The van der Waals surface area contributed by atoms with E-state index in [-0.39, 0.29) is 12.0 Å². The fourth-order valence-corrected chi connectivity index (χ4v) is 5.01. The van der Waals surface area contributed by atoms with Crippen molar-refractivity contribution >= 4 is 17.7 Å². The van der Waals surface area contributed by atoms with Crippen LogP contribution in [0.1, 0.15) is 45.8 Å². The van der Waals surface area contributed by atoms with E-state index in [1.807, 2.05) is 61.2 Å². The Kier molecular flexibility index (Phi) is 7.10. The Labute approximate surface area is 187 Å². The van der Waals surface area contributed by atoms with Crippen molar-refractivity contribution in [3.05, 3.63) is 82.7 Å². The summed E-state index contributed by atoms with van der Waals surface area (Å²) in [6.45, 7) is 5.95. The van der Waals surface area contributed by atoms with Crippen LogP contribution in [-0.4, -0.2) is 35.2 Å². The quantitative estimate of drug-likeness (QED) is 0.464. The summed E-state index contributed by atoms with van der Waals surface area (Å²) in [5, 5.41) is 4.03. The standard InChI is InChI=1S/C25H28N2O3S/c1-18-23(19(2)30-26-18)17-31-24-11-7-6-10-22(24)25(28)27-14-12-21(13-15-27)29-16-20-8-4-3-5-9-20/h3-11,21H,12-17H2,1-2H3. The number of likely N-dealkylation sites (tertiary alicyclic amines) is 1. The summed E-state index contributed by atoms with van der Waals surface area (Å²) in [5.74, 6) is 1.68. The molecule has 3 aromatic rings. The van der Waals surface area contributed by atoms with E-state index in [4.69, 9.17) is 9.26 Å². The van der Waals surface area contributed by atoms with Gasteiger partial charge in [0.1, 0.15) is 5.76 Å². The molecule has 1 aliphatic heterocycles. The predicted octanol–water partition coefficient (Wildman–Crippen LogP) is 5.41. The van der Waals surface area contributed by atoms with Gasteiger partial charge in [-0.15, -0.1) is 11.8 Å². The molecule has 0 spiro atoms. The average Bonchev–Trinajstić information content (AvgIpc) is 3.14. The summed E-state index contributed by atoms with van der Waals surface area (Å²) in [6.07, 6.45) is 1.94. The number of aryl methyl sites for hydroxylation is 2. The molecule has 0 saturated carbocycles. The SMILES string of the molecule is Cc1noc(C)c1CSc1ccccc1C(=O)N1CCC(OCc2ccccc2)CC1. The lowest BCUT2D eigenvalue weighted by Gasteiger charge is -2.32. The van der Waals surface area contributed by atoms with Crippen LogP contribution in [0.15, 0.2) is 64.0 Å². The van der Waals surface area contributed by atoms with Crippen LogP contribution in [0.2, 0.25) is 0 Å². The fourth-order valence-electron chi connectivity index (χ4n) is 3.81. The molecule has 1 amide bonds. The molecule has 0 atom stereocenters. The van der Waals surface area contributed by atoms with Crippen LogP contribution in [-0.2, 0) is 17.1 Å². The van der Waals surface area contributed by atoms with Crippen LogP contribution in [0.3, 0.4) is 0 Å². The molecule has 2 aromatic carbocycles. The molecule has 4 rings (SSSR count). The van der Waals surface area contributed by atoms with Crippen molar-refractivity contribution in [1.82, 2.24) is 10.1 Å². The van der Waals surface area contributed by atoms with Crippen molar-refractivity contribution in [3.8, 4) is 0 Å². The Morgan fingerprint density at radius 3 is 2.52 bits per heavy atom. The maximum absolute atomic E-state index is 13.2.